The van der Waals surface area contributed by atoms with Crippen LogP contribution in [0.4, 0.5) is 0 Å². The van der Waals surface area contributed by atoms with E-state index < -0.39 is 0 Å². The van der Waals surface area contributed by atoms with E-state index in [1.165, 1.54) is 4.68 Å². The van der Waals surface area contributed by atoms with Crippen molar-refractivity contribution in [3.8, 4) is 5.69 Å². The quantitative estimate of drug-likeness (QED) is 0.359. The molecule has 0 radical (unpaired) electrons. The summed E-state index contributed by atoms with van der Waals surface area (Å²) in [5, 5.41) is 5.14. The molecule has 0 aliphatic rings. The normalized spacial score (nSPS) is 11.6. The molecule has 0 atom stereocenters. The molecule has 7 heteroatoms. The first-order chi connectivity index (χ1) is 15.0. The van der Waals surface area contributed by atoms with Gasteiger partial charge in [-0.05, 0) is 56.7 Å². The van der Waals surface area contributed by atoms with E-state index in [4.69, 9.17) is 4.98 Å². The fourth-order valence-electron chi connectivity index (χ4n) is 3.74. The van der Waals surface area contributed by atoms with Crippen molar-refractivity contribution in [2.24, 2.45) is 5.10 Å². The third-order valence-electron chi connectivity index (χ3n) is 5.33. The minimum atomic E-state index is -0.156. The zero-order valence-electron chi connectivity index (χ0n) is 17.8. The number of benzene rings is 1. The first kappa shape index (κ1) is 21.2. The van der Waals surface area contributed by atoms with Crippen LogP contribution in [0.15, 0.2) is 63.2 Å². The Balaban J connectivity index is 1.81. The van der Waals surface area contributed by atoms with Gasteiger partial charge in [-0.15, -0.1) is 0 Å². The average molecular weight is 478 g/mol. The molecular formula is C24H24BrN5O. The molecule has 0 saturated heterocycles. The Morgan fingerprint density at radius 3 is 2.65 bits per heavy atom. The molecule has 0 unspecified atom stereocenters. The van der Waals surface area contributed by atoms with Gasteiger partial charge in [0.15, 0.2) is 0 Å². The third-order valence-corrected chi connectivity index (χ3v) is 5.83. The Morgan fingerprint density at radius 1 is 1.13 bits per heavy atom. The molecular weight excluding hydrogens is 454 g/mol. The molecule has 0 saturated carbocycles. The van der Waals surface area contributed by atoms with Gasteiger partial charge in [0.05, 0.1) is 17.1 Å². The van der Waals surface area contributed by atoms with Gasteiger partial charge in [-0.25, -0.2) is 4.98 Å². The van der Waals surface area contributed by atoms with Crippen LogP contribution in [0.25, 0.3) is 16.6 Å². The van der Waals surface area contributed by atoms with E-state index in [-0.39, 0.29) is 5.56 Å². The molecule has 0 aliphatic carbocycles. The Kier molecular flexibility index (Phi) is 6.13. The van der Waals surface area contributed by atoms with E-state index in [1.807, 2.05) is 31.2 Å². The van der Waals surface area contributed by atoms with Gasteiger partial charge < -0.3 is 4.57 Å². The molecule has 31 heavy (non-hydrogen) atoms. The number of hydrogen-bond donors (Lipinski definition) is 0. The molecule has 0 spiro atoms. The Morgan fingerprint density at radius 2 is 1.90 bits per heavy atom. The lowest BCUT2D eigenvalue weighted by molar-refractivity contribution is 0.675. The van der Waals surface area contributed by atoms with Crippen molar-refractivity contribution in [3.05, 3.63) is 86.4 Å². The summed E-state index contributed by atoms with van der Waals surface area (Å²) >= 11 is 3.45. The molecule has 0 amide bonds. The van der Waals surface area contributed by atoms with Crippen LogP contribution >= 0.6 is 15.9 Å². The van der Waals surface area contributed by atoms with E-state index in [0.29, 0.717) is 23.1 Å². The third kappa shape index (κ3) is 4.23. The van der Waals surface area contributed by atoms with E-state index in [0.717, 1.165) is 40.0 Å². The van der Waals surface area contributed by atoms with Crippen molar-refractivity contribution in [2.45, 2.75) is 40.0 Å². The number of unbranched alkanes of at least 4 members (excludes halogenated alkanes) is 1. The average Bonchev–Trinajstić information content (AvgIpc) is 3.05. The summed E-state index contributed by atoms with van der Waals surface area (Å²) in [6.45, 7) is 6.22. The van der Waals surface area contributed by atoms with Gasteiger partial charge >= 0.3 is 0 Å². The van der Waals surface area contributed by atoms with E-state index >= 15 is 0 Å². The van der Waals surface area contributed by atoms with Crippen LogP contribution in [0.1, 0.15) is 42.5 Å². The van der Waals surface area contributed by atoms with Crippen molar-refractivity contribution in [1.82, 2.24) is 19.2 Å². The molecule has 4 aromatic rings. The van der Waals surface area contributed by atoms with Crippen LogP contribution < -0.4 is 5.56 Å². The van der Waals surface area contributed by atoms with Gasteiger partial charge in [-0.3, -0.25) is 9.78 Å². The second kappa shape index (κ2) is 8.98. The van der Waals surface area contributed by atoms with Gasteiger partial charge in [0, 0.05) is 45.9 Å². The highest BCUT2D eigenvalue weighted by Crippen LogP contribution is 2.20. The highest BCUT2D eigenvalue weighted by Gasteiger charge is 2.12. The Labute approximate surface area is 189 Å². The maximum Gasteiger partial charge on any atom is 0.282 e. The fraction of sp³-hybridized carbons (Fsp3) is 0.250. The van der Waals surface area contributed by atoms with Gasteiger partial charge in [0.1, 0.15) is 5.82 Å². The molecule has 3 heterocycles. The Bertz CT molecular complexity index is 1320. The van der Waals surface area contributed by atoms with E-state index in [1.54, 1.807) is 24.7 Å². The van der Waals surface area contributed by atoms with Gasteiger partial charge in [-0.1, -0.05) is 29.3 Å². The molecule has 0 N–H and O–H groups in total. The van der Waals surface area contributed by atoms with Gasteiger partial charge in [0.2, 0.25) is 0 Å². The summed E-state index contributed by atoms with van der Waals surface area (Å²) in [4.78, 5) is 22.1. The van der Waals surface area contributed by atoms with Crippen molar-refractivity contribution in [2.75, 3.05) is 0 Å². The summed E-state index contributed by atoms with van der Waals surface area (Å²) in [6, 6.07) is 11.6. The summed E-state index contributed by atoms with van der Waals surface area (Å²) in [6.07, 6.45) is 7.97. The maximum absolute atomic E-state index is 13.2. The molecule has 4 rings (SSSR count). The SMILES string of the molecule is CCCCc1nc2ccc(Br)cc2c(=O)n1N=Cc1cc(C)n(-c2ccncc2)c1C. The summed E-state index contributed by atoms with van der Waals surface area (Å²) < 4.78 is 4.44. The van der Waals surface area contributed by atoms with Gasteiger partial charge in [-0.2, -0.15) is 9.78 Å². The largest absolute Gasteiger partial charge is 0.318 e. The zero-order valence-corrected chi connectivity index (χ0v) is 19.4. The van der Waals surface area contributed by atoms with Crippen LogP contribution in [0.2, 0.25) is 0 Å². The highest BCUT2D eigenvalue weighted by atomic mass is 79.9. The van der Waals surface area contributed by atoms with E-state index in [9.17, 15) is 4.79 Å². The monoisotopic (exact) mass is 477 g/mol. The second-order valence-corrected chi connectivity index (χ2v) is 8.44. The number of hydrogen-bond acceptors (Lipinski definition) is 4. The van der Waals surface area contributed by atoms with Crippen LogP contribution in [0, 0.1) is 13.8 Å². The lowest BCUT2D eigenvalue weighted by atomic mass is 10.2. The zero-order chi connectivity index (χ0) is 22.0. The van der Waals surface area contributed by atoms with E-state index in [2.05, 4.69) is 50.5 Å². The summed E-state index contributed by atoms with van der Waals surface area (Å²) in [5.74, 6) is 0.681. The first-order valence-corrected chi connectivity index (χ1v) is 11.1. The molecule has 1 aromatic carbocycles. The number of rotatable bonds is 6. The van der Waals surface area contributed by atoms with Crippen molar-refractivity contribution in [3.63, 3.8) is 0 Å². The predicted molar refractivity (Wildman–Crippen MR) is 128 cm³/mol. The van der Waals surface area contributed by atoms with Crippen LogP contribution in [0.5, 0.6) is 0 Å². The molecule has 0 aliphatic heterocycles. The van der Waals surface area contributed by atoms with Crippen molar-refractivity contribution in [1.29, 1.82) is 0 Å². The molecule has 0 bridgehead atoms. The number of nitrogens with zero attached hydrogens (tertiary/aromatic N) is 5. The standard InChI is InChI=1S/C24H24BrN5O/c1-4-5-6-23-28-22-8-7-19(25)14-21(22)24(31)30(23)27-15-18-13-16(2)29(17(18)3)20-9-11-26-12-10-20/h7-15H,4-6H2,1-3H3. The van der Waals surface area contributed by atoms with Crippen LogP contribution in [-0.2, 0) is 6.42 Å². The first-order valence-electron chi connectivity index (χ1n) is 10.3. The highest BCUT2D eigenvalue weighted by molar-refractivity contribution is 9.10. The number of fused-ring (bicyclic) bond motifs is 1. The maximum atomic E-state index is 13.2. The number of halogens is 1. The topological polar surface area (TPSA) is 65.1 Å². The number of pyridine rings is 1. The molecule has 158 valence electrons. The molecule has 6 nitrogen and oxygen atoms in total. The molecule has 3 aromatic heterocycles. The molecule has 0 fully saturated rings. The lowest BCUT2D eigenvalue weighted by Gasteiger charge is -2.10. The van der Waals surface area contributed by atoms with Gasteiger partial charge in [0.25, 0.3) is 5.56 Å². The van der Waals surface area contributed by atoms with Crippen molar-refractivity contribution >= 4 is 33.0 Å². The number of aryl methyl sites for hydroxylation is 2. The summed E-state index contributed by atoms with van der Waals surface area (Å²) in [7, 11) is 0. The number of aromatic nitrogens is 4. The fourth-order valence-corrected chi connectivity index (χ4v) is 4.10. The smallest absolute Gasteiger partial charge is 0.282 e. The minimum Gasteiger partial charge on any atom is -0.318 e. The predicted octanol–water partition coefficient (Wildman–Crippen LogP) is 5.19. The minimum absolute atomic E-state index is 0.156. The summed E-state index contributed by atoms with van der Waals surface area (Å²) in [5.41, 5.74) is 4.68. The van der Waals surface area contributed by atoms with Crippen molar-refractivity contribution < 1.29 is 0 Å². The second-order valence-electron chi connectivity index (χ2n) is 7.52. The van der Waals surface area contributed by atoms with Crippen LogP contribution in [0.3, 0.4) is 0 Å². The van der Waals surface area contributed by atoms with Crippen LogP contribution in [-0.4, -0.2) is 25.4 Å². The lowest BCUT2D eigenvalue weighted by Crippen LogP contribution is -2.22. The Hall–Kier alpha value is -3.06.